The molecule has 2 atom stereocenters. The van der Waals surface area contributed by atoms with E-state index in [0.29, 0.717) is 18.6 Å². The van der Waals surface area contributed by atoms with Crippen LogP contribution >= 0.6 is 0 Å². The summed E-state index contributed by atoms with van der Waals surface area (Å²) in [4.78, 5) is 14.0. The van der Waals surface area contributed by atoms with Gasteiger partial charge < -0.3 is 14.5 Å². The molecule has 16 heavy (non-hydrogen) atoms. The molecule has 3 heterocycles. The van der Waals surface area contributed by atoms with Gasteiger partial charge in [-0.3, -0.25) is 4.79 Å². The van der Waals surface area contributed by atoms with Gasteiger partial charge in [0.2, 0.25) is 5.76 Å². The third-order valence-corrected chi connectivity index (χ3v) is 3.59. The van der Waals surface area contributed by atoms with Gasteiger partial charge in [0.05, 0.1) is 12.3 Å². The van der Waals surface area contributed by atoms with Gasteiger partial charge in [-0.15, -0.1) is 0 Å². The van der Waals surface area contributed by atoms with E-state index in [1.807, 2.05) is 4.90 Å². The Balaban J connectivity index is 1.84. The number of amides is 1. The lowest BCUT2D eigenvalue weighted by atomic mass is 9.99. The van der Waals surface area contributed by atoms with Crippen LogP contribution in [0.5, 0.6) is 0 Å². The Morgan fingerprint density at radius 3 is 2.69 bits per heavy atom. The summed E-state index contributed by atoms with van der Waals surface area (Å²) in [5.41, 5.74) is 0. The van der Waals surface area contributed by atoms with Crippen molar-refractivity contribution in [3.05, 3.63) is 18.0 Å². The molecule has 5 nitrogen and oxygen atoms in total. The number of carbonyl (C=O) groups is 1. The summed E-state index contributed by atoms with van der Waals surface area (Å²) in [5, 5.41) is 13.2. The molecule has 5 heteroatoms. The van der Waals surface area contributed by atoms with Crippen molar-refractivity contribution in [2.24, 2.45) is 0 Å². The molecule has 2 aliphatic rings. The molecule has 2 fully saturated rings. The first-order valence-electron chi connectivity index (χ1n) is 5.67. The van der Waals surface area contributed by atoms with Crippen LogP contribution in [0, 0.1) is 0 Å². The summed E-state index contributed by atoms with van der Waals surface area (Å²) in [6.45, 7) is 0. The lowest BCUT2D eigenvalue weighted by molar-refractivity contribution is 0.0258. The van der Waals surface area contributed by atoms with Crippen LogP contribution in [0.3, 0.4) is 0 Å². The van der Waals surface area contributed by atoms with Crippen LogP contribution in [0.4, 0.5) is 0 Å². The summed E-state index contributed by atoms with van der Waals surface area (Å²) in [6, 6.07) is 1.94. The molecule has 0 aliphatic carbocycles. The van der Waals surface area contributed by atoms with Gasteiger partial charge in [0.25, 0.3) is 5.91 Å². The van der Waals surface area contributed by atoms with Crippen LogP contribution in [-0.2, 0) is 0 Å². The summed E-state index contributed by atoms with van der Waals surface area (Å²) in [6.07, 6.45) is 4.58. The van der Waals surface area contributed by atoms with E-state index in [1.165, 1.54) is 6.20 Å². The minimum atomic E-state index is -0.253. The highest BCUT2D eigenvalue weighted by atomic mass is 16.5. The van der Waals surface area contributed by atoms with Crippen LogP contribution in [0.15, 0.2) is 16.8 Å². The second-order valence-electron chi connectivity index (χ2n) is 4.60. The van der Waals surface area contributed by atoms with E-state index in [-0.39, 0.29) is 24.1 Å². The molecule has 1 aromatic heterocycles. The van der Waals surface area contributed by atoms with E-state index in [9.17, 15) is 9.90 Å². The Morgan fingerprint density at radius 2 is 2.12 bits per heavy atom. The minimum Gasteiger partial charge on any atom is -0.393 e. The molecular formula is C11H14N2O3. The van der Waals surface area contributed by atoms with E-state index in [4.69, 9.17) is 4.52 Å². The topological polar surface area (TPSA) is 66.6 Å². The number of rotatable bonds is 1. The van der Waals surface area contributed by atoms with Crippen molar-refractivity contribution in [1.82, 2.24) is 10.1 Å². The maximum absolute atomic E-state index is 12.1. The SMILES string of the molecule is O=C(c1ccno1)N1C2CCC1CC(O)C2. The summed E-state index contributed by atoms with van der Waals surface area (Å²) in [7, 11) is 0. The lowest BCUT2D eigenvalue weighted by Crippen LogP contribution is -2.47. The van der Waals surface area contributed by atoms with Crippen LogP contribution in [-0.4, -0.2) is 39.3 Å². The van der Waals surface area contributed by atoms with Crippen LogP contribution in [0.25, 0.3) is 0 Å². The zero-order valence-corrected chi connectivity index (χ0v) is 8.87. The van der Waals surface area contributed by atoms with Gasteiger partial charge in [-0.25, -0.2) is 0 Å². The molecule has 1 aromatic rings. The molecule has 86 valence electrons. The van der Waals surface area contributed by atoms with Crippen LogP contribution < -0.4 is 0 Å². The first-order chi connectivity index (χ1) is 7.75. The normalized spacial score (nSPS) is 33.1. The molecule has 2 unspecified atom stereocenters. The molecular weight excluding hydrogens is 208 g/mol. The van der Waals surface area contributed by atoms with Crippen molar-refractivity contribution in [2.45, 2.75) is 43.9 Å². The number of aliphatic hydroxyl groups excluding tert-OH is 1. The average molecular weight is 222 g/mol. The molecule has 0 saturated carbocycles. The van der Waals surface area contributed by atoms with Crippen molar-refractivity contribution in [3.63, 3.8) is 0 Å². The zero-order chi connectivity index (χ0) is 11.1. The summed E-state index contributed by atoms with van der Waals surface area (Å²) >= 11 is 0. The Bertz CT molecular complexity index is 376. The quantitative estimate of drug-likeness (QED) is 0.763. The van der Waals surface area contributed by atoms with E-state index in [0.717, 1.165) is 12.8 Å². The smallest absolute Gasteiger partial charge is 0.292 e. The summed E-state index contributed by atoms with van der Waals surface area (Å²) < 4.78 is 4.90. The number of nitrogens with zero attached hydrogens (tertiary/aromatic N) is 2. The molecule has 0 aromatic carbocycles. The Labute approximate surface area is 93.0 Å². The first kappa shape index (κ1) is 9.84. The maximum atomic E-state index is 12.1. The van der Waals surface area contributed by atoms with Gasteiger partial charge in [0.1, 0.15) is 0 Å². The fourth-order valence-corrected chi connectivity index (χ4v) is 2.93. The molecule has 2 saturated heterocycles. The lowest BCUT2D eigenvalue weighted by Gasteiger charge is -2.36. The molecule has 1 N–H and O–H groups in total. The molecule has 2 bridgehead atoms. The number of aliphatic hydroxyl groups is 1. The monoisotopic (exact) mass is 222 g/mol. The number of piperidine rings is 1. The van der Waals surface area contributed by atoms with Gasteiger partial charge in [0, 0.05) is 18.2 Å². The highest BCUT2D eigenvalue weighted by Gasteiger charge is 2.43. The second-order valence-corrected chi connectivity index (χ2v) is 4.60. The van der Waals surface area contributed by atoms with Crippen molar-refractivity contribution >= 4 is 5.91 Å². The Hall–Kier alpha value is -1.36. The van der Waals surface area contributed by atoms with Gasteiger partial charge in [-0.1, -0.05) is 5.16 Å². The summed E-state index contributed by atoms with van der Waals surface area (Å²) in [5.74, 6) is 0.213. The predicted octanol–water partition coefficient (Wildman–Crippen LogP) is 0.802. The molecule has 0 spiro atoms. The third-order valence-electron chi connectivity index (χ3n) is 3.59. The second kappa shape index (κ2) is 3.59. The van der Waals surface area contributed by atoms with Gasteiger partial charge >= 0.3 is 0 Å². The number of aromatic nitrogens is 1. The number of carbonyl (C=O) groups excluding carboxylic acids is 1. The third kappa shape index (κ3) is 1.43. The largest absolute Gasteiger partial charge is 0.393 e. The Morgan fingerprint density at radius 1 is 1.44 bits per heavy atom. The van der Waals surface area contributed by atoms with Crippen molar-refractivity contribution in [2.75, 3.05) is 0 Å². The van der Waals surface area contributed by atoms with E-state index in [2.05, 4.69) is 5.16 Å². The number of hydrogen-bond donors (Lipinski definition) is 1. The average Bonchev–Trinajstić information content (AvgIpc) is 2.85. The fraction of sp³-hybridized carbons (Fsp3) is 0.636. The number of fused-ring (bicyclic) bond motifs is 2. The van der Waals surface area contributed by atoms with E-state index >= 15 is 0 Å². The van der Waals surface area contributed by atoms with Crippen molar-refractivity contribution in [3.8, 4) is 0 Å². The zero-order valence-electron chi connectivity index (χ0n) is 8.87. The highest BCUT2D eigenvalue weighted by molar-refractivity contribution is 5.92. The van der Waals surface area contributed by atoms with Crippen molar-refractivity contribution < 1.29 is 14.4 Å². The van der Waals surface area contributed by atoms with Crippen LogP contribution in [0.1, 0.15) is 36.2 Å². The van der Waals surface area contributed by atoms with E-state index in [1.54, 1.807) is 6.07 Å². The maximum Gasteiger partial charge on any atom is 0.292 e. The van der Waals surface area contributed by atoms with Gasteiger partial charge in [-0.05, 0) is 25.7 Å². The van der Waals surface area contributed by atoms with Gasteiger partial charge in [0.15, 0.2) is 0 Å². The minimum absolute atomic E-state index is 0.0862. The van der Waals surface area contributed by atoms with E-state index < -0.39 is 0 Å². The van der Waals surface area contributed by atoms with Crippen LogP contribution in [0.2, 0.25) is 0 Å². The van der Waals surface area contributed by atoms with Gasteiger partial charge in [-0.2, -0.15) is 0 Å². The molecule has 2 aliphatic heterocycles. The molecule has 1 amide bonds. The number of hydrogen-bond acceptors (Lipinski definition) is 4. The van der Waals surface area contributed by atoms with Crippen molar-refractivity contribution in [1.29, 1.82) is 0 Å². The molecule has 3 rings (SSSR count). The Kier molecular flexibility index (Phi) is 2.21. The molecule has 0 radical (unpaired) electrons. The fourth-order valence-electron chi connectivity index (χ4n) is 2.93. The standard InChI is InChI=1S/C11H14N2O3/c14-9-5-7-1-2-8(6-9)13(7)11(15)10-3-4-12-16-10/h3-4,7-9,14H,1-2,5-6H2. The predicted molar refractivity (Wildman–Crippen MR) is 54.7 cm³/mol. The first-order valence-corrected chi connectivity index (χ1v) is 5.67. The highest BCUT2D eigenvalue weighted by Crippen LogP contribution is 2.36.